The molecule has 0 spiro atoms. The van der Waals surface area contributed by atoms with Gasteiger partial charge in [0.2, 0.25) is 10.0 Å². The van der Waals surface area contributed by atoms with Crippen molar-refractivity contribution in [2.45, 2.75) is 32.7 Å². The molecular weight excluding hydrogens is 390 g/mol. The van der Waals surface area contributed by atoms with Gasteiger partial charge in [-0.1, -0.05) is 18.2 Å². The molecule has 2 aromatic carbocycles. The number of anilines is 2. The molecule has 0 bridgehead atoms. The fourth-order valence-corrected chi connectivity index (χ4v) is 4.84. The van der Waals surface area contributed by atoms with Gasteiger partial charge in [-0.2, -0.15) is 0 Å². The molecule has 2 aromatic rings. The van der Waals surface area contributed by atoms with E-state index < -0.39 is 15.9 Å². The van der Waals surface area contributed by atoms with Crippen molar-refractivity contribution < 1.29 is 18.0 Å². The smallest absolute Gasteiger partial charge is 0.255 e. The van der Waals surface area contributed by atoms with Crippen LogP contribution in [0.5, 0.6) is 0 Å². The average molecular weight is 416 g/mol. The van der Waals surface area contributed by atoms with Gasteiger partial charge in [0.15, 0.2) is 0 Å². The zero-order valence-corrected chi connectivity index (χ0v) is 17.3. The van der Waals surface area contributed by atoms with Gasteiger partial charge < -0.3 is 10.6 Å². The summed E-state index contributed by atoms with van der Waals surface area (Å²) < 4.78 is 26.0. The highest BCUT2D eigenvalue weighted by Crippen LogP contribution is 2.25. The van der Waals surface area contributed by atoms with Gasteiger partial charge in [0.05, 0.1) is 22.7 Å². The van der Waals surface area contributed by atoms with Gasteiger partial charge in [0.1, 0.15) is 0 Å². The first-order valence-electron chi connectivity index (χ1n) is 9.59. The van der Waals surface area contributed by atoms with E-state index in [1.807, 2.05) is 13.8 Å². The Morgan fingerprint density at radius 2 is 1.76 bits per heavy atom. The molecule has 1 aliphatic rings. The summed E-state index contributed by atoms with van der Waals surface area (Å²) in [6, 6.07) is 13.3. The number of para-hydroxylation sites is 1. The number of nitrogens with zero attached hydrogens (tertiary/aromatic N) is 1. The topological polar surface area (TPSA) is 95.6 Å². The van der Waals surface area contributed by atoms with Crippen LogP contribution in [0.1, 0.15) is 47.4 Å². The maximum absolute atomic E-state index is 12.8. The van der Waals surface area contributed by atoms with Crippen LogP contribution in [0.3, 0.4) is 0 Å². The first-order valence-corrected chi connectivity index (χ1v) is 11.2. The number of amides is 2. The maximum atomic E-state index is 12.8. The standard InChI is InChI=1S/C21H25N3O4S/c1-15(2)22-21(26)18-10-3-4-11-19(18)23-20(25)16-8-7-9-17(14-16)24-12-5-6-13-29(24,27)28/h3-4,7-11,14-15H,5-6,12-13H2,1-2H3,(H,22,26)(H,23,25). The Kier molecular flexibility index (Phi) is 6.22. The molecule has 1 saturated heterocycles. The minimum absolute atomic E-state index is 0.0329. The molecule has 0 unspecified atom stereocenters. The molecule has 1 heterocycles. The molecule has 7 nitrogen and oxygen atoms in total. The van der Waals surface area contributed by atoms with Crippen molar-refractivity contribution in [1.82, 2.24) is 5.32 Å². The Hall–Kier alpha value is -2.87. The van der Waals surface area contributed by atoms with E-state index in [4.69, 9.17) is 0 Å². The van der Waals surface area contributed by atoms with Crippen molar-refractivity contribution in [3.8, 4) is 0 Å². The van der Waals surface area contributed by atoms with E-state index in [1.165, 1.54) is 4.31 Å². The highest BCUT2D eigenvalue weighted by atomic mass is 32.2. The molecule has 2 N–H and O–H groups in total. The molecule has 154 valence electrons. The van der Waals surface area contributed by atoms with E-state index >= 15 is 0 Å². The fourth-order valence-electron chi connectivity index (χ4n) is 3.21. The maximum Gasteiger partial charge on any atom is 0.255 e. The second-order valence-electron chi connectivity index (χ2n) is 7.27. The monoisotopic (exact) mass is 415 g/mol. The van der Waals surface area contributed by atoms with E-state index in [2.05, 4.69) is 10.6 Å². The summed E-state index contributed by atoms with van der Waals surface area (Å²) in [4.78, 5) is 25.2. The van der Waals surface area contributed by atoms with E-state index in [-0.39, 0.29) is 17.7 Å². The first kappa shape index (κ1) is 20.9. The number of carbonyl (C=O) groups is 2. The minimum atomic E-state index is -3.36. The number of carbonyl (C=O) groups excluding carboxylic acids is 2. The van der Waals surface area contributed by atoms with E-state index in [0.717, 1.165) is 6.42 Å². The third kappa shape index (κ3) is 4.95. The molecule has 2 amide bonds. The summed E-state index contributed by atoms with van der Waals surface area (Å²) in [5.41, 5.74) is 1.56. The number of hydrogen-bond donors (Lipinski definition) is 2. The molecule has 8 heteroatoms. The SMILES string of the molecule is CC(C)NC(=O)c1ccccc1NC(=O)c1cccc(N2CCCCS2(=O)=O)c1. The van der Waals surface area contributed by atoms with E-state index in [1.54, 1.807) is 48.5 Å². The van der Waals surface area contributed by atoms with Gasteiger partial charge in [0.25, 0.3) is 11.8 Å². The van der Waals surface area contributed by atoms with Crippen LogP contribution in [0.25, 0.3) is 0 Å². The number of hydrogen-bond acceptors (Lipinski definition) is 4. The summed E-state index contributed by atoms with van der Waals surface area (Å²) in [5, 5.41) is 5.57. The lowest BCUT2D eigenvalue weighted by Gasteiger charge is -2.28. The minimum Gasteiger partial charge on any atom is -0.350 e. The molecule has 1 aliphatic heterocycles. The van der Waals surface area contributed by atoms with Crippen LogP contribution >= 0.6 is 0 Å². The molecule has 29 heavy (non-hydrogen) atoms. The van der Waals surface area contributed by atoms with E-state index in [9.17, 15) is 18.0 Å². The van der Waals surface area contributed by atoms with Crippen LogP contribution in [0.15, 0.2) is 48.5 Å². The fraction of sp³-hybridized carbons (Fsp3) is 0.333. The summed E-state index contributed by atoms with van der Waals surface area (Å²) >= 11 is 0. The number of benzene rings is 2. The predicted molar refractivity (Wildman–Crippen MR) is 114 cm³/mol. The lowest BCUT2D eigenvalue weighted by Crippen LogP contribution is -2.37. The lowest BCUT2D eigenvalue weighted by molar-refractivity contribution is 0.0944. The Morgan fingerprint density at radius 3 is 2.48 bits per heavy atom. The molecule has 0 atom stereocenters. The van der Waals surface area contributed by atoms with Crippen LogP contribution in [-0.2, 0) is 10.0 Å². The van der Waals surface area contributed by atoms with E-state index in [0.29, 0.717) is 35.5 Å². The van der Waals surface area contributed by atoms with Crippen LogP contribution in [0.2, 0.25) is 0 Å². The Morgan fingerprint density at radius 1 is 1.00 bits per heavy atom. The van der Waals surface area contributed by atoms with Crippen LogP contribution in [0.4, 0.5) is 11.4 Å². The highest BCUT2D eigenvalue weighted by molar-refractivity contribution is 7.92. The number of sulfonamides is 1. The summed E-state index contributed by atoms with van der Waals surface area (Å²) in [6.45, 7) is 4.13. The van der Waals surface area contributed by atoms with Gasteiger partial charge in [-0.15, -0.1) is 0 Å². The summed E-state index contributed by atoms with van der Waals surface area (Å²) in [5.74, 6) is -0.572. The zero-order chi connectivity index (χ0) is 21.0. The van der Waals surface area contributed by atoms with Crippen molar-refractivity contribution >= 4 is 33.2 Å². The third-order valence-corrected chi connectivity index (χ3v) is 6.45. The van der Waals surface area contributed by atoms with Crippen molar-refractivity contribution in [3.05, 3.63) is 59.7 Å². The van der Waals surface area contributed by atoms with Crippen LogP contribution in [-0.4, -0.2) is 38.6 Å². The second kappa shape index (κ2) is 8.65. The van der Waals surface area contributed by atoms with Crippen molar-refractivity contribution in [3.63, 3.8) is 0 Å². The summed E-state index contributed by atoms with van der Waals surface area (Å²) in [6.07, 6.45) is 1.43. The second-order valence-corrected chi connectivity index (χ2v) is 9.29. The quantitative estimate of drug-likeness (QED) is 0.785. The molecule has 0 aliphatic carbocycles. The highest BCUT2D eigenvalue weighted by Gasteiger charge is 2.26. The van der Waals surface area contributed by atoms with Gasteiger partial charge in [-0.3, -0.25) is 13.9 Å². The largest absolute Gasteiger partial charge is 0.350 e. The Balaban J connectivity index is 1.83. The van der Waals surface area contributed by atoms with Crippen molar-refractivity contribution in [1.29, 1.82) is 0 Å². The Labute approximate surface area is 171 Å². The normalized spacial score (nSPS) is 15.8. The van der Waals surface area contributed by atoms with Crippen LogP contribution in [0, 0.1) is 0 Å². The van der Waals surface area contributed by atoms with Gasteiger partial charge >= 0.3 is 0 Å². The molecular formula is C21H25N3O4S. The summed E-state index contributed by atoms with van der Waals surface area (Å²) in [7, 11) is -3.36. The molecule has 0 aromatic heterocycles. The van der Waals surface area contributed by atoms with Gasteiger partial charge in [-0.25, -0.2) is 8.42 Å². The number of nitrogens with one attached hydrogen (secondary N) is 2. The Bertz CT molecular complexity index is 1020. The predicted octanol–water partition coefficient (Wildman–Crippen LogP) is 3.01. The van der Waals surface area contributed by atoms with Gasteiger partial charge in [0, 0.05) is 18.2 Å². The van der Waals surface area contributed by atoms with Crippen molar-refractivity contribution in [2.24, 2.45) is 0 Å². The zero-order valence-electron chi connectivity index (χ0n) is 16.5. The molecule has 0 radical (unpaired) electrons. The van der Waals surface area contributed by atoms with Crippen molar-refractivity contribution in [2.75, 3.05) is 21.9 Å². The first-order chi connectivity index (χ1) is 13.8. The van der Waals surface area contributed by atoms with Gasteiger partial charge in [-0.05, 0) is 57.0 Å². The van der Waals surface area contributed by atoms with Crippen LogP contribution < -0.4 is 14.9 Å². The number of rotatable bonds is 5. The molecule has 1 fully saturated rings. The lowest BCUT2D eigenvalue weighted by atomic mass is 10.1. The third-order valence-electron chi connectivity index (χ3n) is 4.59. The average Bonchev–Trinajstić information content (AvgIpc) is 2.67. The molecule has 3 rings (SSSR count). The molecule has 0 saturated carbocycles.